The van der Waals surface area contributed by atoms with E-state index in [-0.39, 0.29) is 4.08 Å². The molecule has 2 rings (SSSR count). The smallest absolute Gasteiger partial charge is 0.129 e. The van der Waals surface area contributed by atoms with Gasteiger partial charge in [0.1, 0.15) is 8.07 Å². The van der Waals surface area contributed by atoms with Crippen LogP contribution in [0.1, 0.15) is 18.4 Å². The van der Waals surface area contributed by atoms with Crippen LogP contribution in [0.5, 0.6) is 0 Å². The van der Waals surface area contributed by atoms with Crippen molar-refractivity contribution in [1.29, 1.82) is 0 Å². The summed E-state index contributed by atoms with van der Waals surface area (Å²) in [4.78, 5) is 0. The van der Waals surface area contributed by atoms with Gasteiger partial charge in [0.25, 0.3) is 0 Å². The minimum absolute atomic E-state index is 0.173. The first-order valence-electron chi connectivity index (χ1n) is 6.85. The van der Waals surface area contributed by atoms with Crippen molar-refractivity contribution >= 4 is 31.6 Å². The van der Waals surface area contributed by atoms with Gasteiger partial charge in [0, 0.05) is 6.42 Å². The van der Waals surface area contributed by atoms with Crippen molar-refractivity contribution in [3.8, 4) is 11.5 Å². The van der Waals surface area contributed by atoms with Gasteiger partial charge in [-0.25, -0.2) is 0 Å². The van der Waals surface area contributed by atoms with Gasteiger partial charge in [-0.05, 0) is 23.5 Å². The lowest BCUT2D eigenvalue weighted by atomic mass is 10.1. The molecule has 0 saturated carbocycles. The molecule has 1 aromatic carbocycles. The molecule has 0 aliphatic carbocycles. The fraction of sp³-hybridized carbons (Fsp3) is 0.500. The van der Waals surface area contributed by atoms with Crippen molar-refractivity contribution in [1.82, 2.24) is 0 Å². The second-order valence-corrected chi connectivity index (χ2v) is 13.7. The Hall–Kier alpha value is -0.303. The van der Waals surface area contributed by atoms with Crippen LogP contribution in [0, 0.1) is 11.5 Å². The molecule has 0 unspecified atom stereocenters. The van der Waals surface area contributed by atoms with Crippen molar-refractivity contribution < 1.29 is 0 Å². The maximum Gasteiger partial charge on any atom is 0.129 e. The largest absolute Gasteiger partial charge is 0.138 e. The van der Waals surface area contributed by atoms with E-state index < -0.39 is 8.07 Å². The van der Waals surface area contributed by atoms with Gasteiger partial charge in [0.15, 0.2) is 0 Å². The number of benzene rings is 1. The summed E-state index contributed by atoms with van der Waals surface area (Å²) in [5.74, 6) is 6.03. The molecule has 0 atom stereocenters. The summed E-state index contributed by atoms with van der Waals surface area (Å²) in [6, 6.07) is 10.9. The molecular formula is C16H22S2Si. The van der Waals surface area contributed by atoms with Crippen LogP contribution < -0.4 is 0 Å². The van der Waals surface area contributed by atoms with E-state index in [1.54, 1.807) is 0 Å². The van der Waals surface area contributed by atoms with E-state index in [4.69, 9.17) is 0 Å². The Labute approximate surface area is 127 Å². The second-order valence-electron chi connectivity index (χ2n) is 5.90. The summed E-state index contributed by atoms with van der Waals surface area (Å²) in [6.45, 7) is 6.95. The van der Waals surface area contributed by atoms with E-state index >= 15 is 0 Å². The SMILES string of the molecule is C[Si](C)(C)C#CCC1(c2ccccc2)SCCCS1. The first-order chi connectivity index (χ1) is 9.02. The summed E-state index contributed by atoms with van der Waals surface area (Å²) < 4.78 is 0.173. The lowest BCUT2D eigenvalue weighted by Crippen LogP contribution is -2.23. The Morgan fingerprint density at radius 3 is 2.32 bits per heavy atom. The minimum atomic E-state index is -1.26. The maximum absolute atomic E-state index is 3.53. The quantitative estimate of drug-likeness (QED) is 0.558. The molecule has 0 amide bonds. The van der Waals surface area contributed by atoms with Crippen molar-refractivity contribution in [3.05, 3.63) is 35.9 Å². The van der Waals surface area contributed by atoms with Gasteiger partial charge in [0.2, 0.25) is 0 Å². The van der Waals surface area contributed by atoms with Crippen LogP contribution in [0.25, 0.3) is 0 Å². The highest BCUT2D eigenvalue weighted by atomic mass is 32.2. The van der Waals surface area contributed by atoms with E-state index in [0.717, 1.165) is 6.42 Å². The summed E-state index contributed by atoms with van der Waals surface area (Å²) in [6.07, 6.45) is 2.31. The summed E-state index contributed by atoms with van der Waals surface area (Å²) in [7, 11) is -1.26. The monoisotopic (exact) mass is 306 g/mol. The molecule has 3 heteroatoms. The van der Waals surface area contributed by atoms with Gasteiger partial charge in [0.05, 0.1) is 4.08 Å². The molecule has 0 aromatic heterocycles. The number of rotatable bonds is 2. The first-order valence-corrected chi connectivity index (χ1v) is 12.3. The average molecular weight is 307 g/mol. The van der Waals surface area contributed by atoms with Gasteiger partial charge in [-0.2, -0.15) is 0 Å². The summed E-state index contributed by atoms with van der Waals surface area (Å²) >= 11 is 4.18. The standard InChI is InChI=1S/C16H22S2Si/c1-19(2,3)14-7-11-16(17-12-8-13-18-16)15-9-5-4-6-10-15/h4-6,9-10H,8,11-13H2,1-3H3. The van der Waals surface area contributed by atoms with Gasteiger partial charge in [-0.15, -0.1) is 35.0 Å². The third-order valence-electron chi connectivity index (χ3n) is 2.96. The molecule has 0 nitrogen and oxygen atoms in total. The van der Waals surface area contributed by atoms with Crippen LogP contribution in [0.15, 0.2) is 30.3 Å². The highest BCUT2D eigenvalue weighted by molar-refractivity contribution is 8.18. The maximum atomic E-state index is 3.53. The van der Waals surface area contributed by atoms with E-state index in [0.29, 0.717) is 0 Å². The zero-order valence-electron chi connectivity index (χ0n) is 12.0. The predicted octanol–water partition coefficient (Wildman–Crippen LogP) is 4.98. The molecule has 0 N–H and O–H groups in total. The first kappa shape index (κ1) is 15.1. The topological polar surface area (TPSA) is 0 Å². The summed E-state index contributed by atoms with van der Waals surface area (Å²) in [5, 5.41) is 0. The van der Waals surface area contributed by atoms with E-state index in [1.165, 1.54) is 23.5 Å². The number of hydrogen-bond acceptors (Lipinski definition) is 2. The third kappa shape index (κ3) is 4.34. The van der Waals surface area contributed by atoms with Crippen LogP contribution in [-0.4, -0.2) is 19.6 Å². The van der Waals surface area contributed by atoms with Crippen LogP contribution in [-0.2, 0) is 4.08 Å². The Kier molecular flexibility index (Phi) is 5.11. The molecule has 0 spiro atoms. The van der Waals surface area contributed by atoms with Crippen molar-refractivity contribution in [2.75, 3.05) is 11.5 Å². The van der Waals surface area contributed by atoms with E-state index in [1.807, 2.05) is 0 Å². The van der Waals surface area contributed by atoms with Crippen LogP contribution in [0.2, 0.25) is 19.6 Å². The van der Waals surface area contributed by atoms with Crippen LogP contribution >= 0.6 is 23.5 Å². The molecule has 1 saturated heterocycles. The zero-order chi connectivity index (χ0) is 13.8. The molecule has 1 aliphatic rings. The molecule has 1 heterocycles. The van der Waals surface area contributed by atoms with Gasteiger partial charge in [-0.3, -0.25) is 0 Å². The highest BCUT2D eigenvalue weighted by Gasteiger charge is 2.34. The summed E-state index contributed by atoms with van der Waals surface area (Å²) in [5.41, 5.74) is 4.97. The van der Waals surface area contributed by atoms with Crippen molar-refractivity contribution in [2.24, 2.45) is 0 Å². The third-order valence-corrected chi connectivity index (χ3v) is 7.27. The zero-order valence-corrected chi connectivity index (χ0v) is 14.7. The molecule has 1 aliphatic heterocycles. The Morgan fingerprint density at radius 2 is 1.74 bits per heavy atom. The van der Waals surface area contributed by atoms with Gasteiger partial charge >= 0.3 is 0 Å². The molecule has 19 heavy (non-hydrogen) atoms. The van der Waals surface area contributed by atoms with Crippen molar-refractivity contribution in [3.63, 3.8) is 0 Å². The Bertz CT molecular complexity index is 459. The van der Waals surface area contributed by atoms with Crippen LogP contribution in [0.4, 0.5) is 0 Å². The normalized spacial score (nSPS) is 18.5. The second kappa shape index (κ2) is 6.43. The molecule has 1 fully saturated rings. The molecule has 0 bridgehead atoms. The number of hydrogen-bond donors (Lipinski definition) is 0. The fourth-order valence-electron chi connectivity index (χ4n) is 2.06. The van der Waals surface area contributed by atoms with E-state index in [9.17, 15) is 0 Å². The lowest BCUT2D eigenvalue weighted by Gasteiger charge is -2.35. The lowest BCUT2D eigenvalue weighted by molar-refractivity contribution is 0.891. The minimum Gasteiger partial charge on any atom is -0.138 e. The fourth-order valence-corrected chi connectivity index (χ4v) is 5.89. The van der Waals surface area contributed by atoms with Gasteiger partial charge in [-0.1, -0.05) is 50.0 Å². The van der Waals surface area contributed by atoms with E-state index in [2.05, 4.69) is 85.0 Å². The molecule has 1 aromatic rings. The van der Waals surface area contributed by atoms with Crippen LogP contribution in [0.3, 0.4) is 0 Å². The molecule has 0 radical (unpaired) electrons. The van der Waals surface area contributed by atoms with Gasteiger partial charge < -0.3 is 0 Å². The predicted molar refractivity (Wildman–Crippen MR) is 93.4 cm³/mol. The number of thioether (sulfide) groups is 2. The molecule has 102 valence electrons. The highest BCUT2D eigenvalue weighted by Crippen LogP contribution is 2.52. The Morgan fingerprint density at radius 1 is 1.11 bits per heavy atom. The average Bonchev–Trinajstić information content (AvgIpc) is 2.39. The Balaban J connectivity index is 2.22. The van der Waals surface area contributed by atoms with Crippen molar-refractivity contribution in [2.45, 2.75) is 36.6 Å². The molecular weight excluding hydrogens is 284 g/mol.